The van der Waals surface area contributed by atoms with Gasteiger partial charge in [0.1, 0.15) is 11.5 Å². The average Bonchev–Trinajstić information content (AvgIpc) is 2.79. The number of carbonyl (C=O) groups excluding carboxylic acids is 1. The minimum Gasteiger partial charge on any atom is -0.507 e. The summed E-state index contributed by atoms with van der Waals surface area (Å²) in [5.74, 6) is -0.0933. The third-order valence-corrected chi connectivity index (χ3v) is 4.91. The van der Waals surface area contributed by atoms with Gasteiger partial charge in [-0.2, -0.15) is 10.2 Å². The first-order chi connectivity index (χ1) is 15.2. The zero-order valence-corrected chi connectivity index (χ0v) is 18.5. The van der Waals surface area contributed by atoms with Crippen LogP contribution in [-0.2, 0) is 0 Å². The van der Waals surface area contributed by atoms with Gasteiger partial charge in [-0.25, -0.2) is 5.43 Å². The highest BCUT2D eigenvalue weighted by molar-refractivity contribution is 6.03. The second kappa shape index (κ2) is 9.78. The molecular formula is C25H26N4O3. The van der Waals surface area contributed by atoms with Gasteiger partial charge in [-0.3, -0.25) is 10.2 Å². The van der Waals surface area contributed by atoms with E-state index in [0.29, 0.717) is 33.8 Å². The van der Waals surface area contributed by atoms with Gasteiger partial charge in [0, 0.05) is 16.7 Å². The minimum atomic E-state index is -0.368. The highest BCUT2D eigenvalue weighted by Gasteiger charge is 2.08. The van der Waals surface area contributed by atoms with Gasteiger partial charge in [0.2, 0.25) is 0 Å². The molecule has 4 N–H and O–H groups in total. The molecule has 0 aromatic heterocycles. The van der Waals surface area contributed by atoms with Crippen molar-refractivity contribution in [1.82, 2.24) is 5.43 Å². The Morgan fingerprint density at radius 2 is 1.25 bits per heavy atom. The highest BCUT2D eigenvalue weighted by Crippen LogP contribution is 2.20. The zero-order valence-electron chi connectivity index (χ0n) is 18.5. The predicted octanol–water partition coefficient (Wildman–Crippen LogP) is 4.70. The summed E-state index contributed by atoms with van der Waals surface area (Å²) in [6.07, 6.45) is 0. The van der Waals surface area contributed by atoms with Crippen LogP contribution in [0.2, 0.25) is 0 Å². The van der Waals surface area contributed by atoms with E-state index in [1.165, 1.54) is 0 Å². The van der Waals surface area contributed by atoms with E-state index in [2.05, 4.69) is 21.1 Å². The van der Waals surface area contributed by atoms with Gasteiger partial charge in [0.05, 0.1) is 17.1 Å². The molecule has 0 aliphatic heterocycles. The van der Waals surface area contributed by atoms with E-state index >= 15 is 0 Å². The lowest BCUT2D eigenvalue weighted by atomic mass is 10.1. The molecule has 0 atom stereocenters. The number of anilines is 1. The third kappa shape index (κ3) is 5.51. The van der Waals surface area contributed by atoms with E-state index in [4.69, 9.17) is 0 Å². The molecule has 164 valence electrons. The topological polar surface area (TPSA) is 106 Å². The summed E-state index contributed by atoms with van der Waals surface area (Å²) in [6.45, 7) is 7.38. The second-order valence-electron chi connectivity index (χ2n) is 7.57. The molecule has 0 fully saturated rings. The summed E-state index contributed by atoms with van der Waals surface area (Å²) in [5.41, 5.74) is 10.9. The quantitative estimate of drug-likeness (QED) is 0.336. The maximum absolute atomic E-state index is 12.4. The fourth-order valence-corrected chi connectivity index (χ4v) is 3.04. The van der Waals surface area contributed by atoms with Crippen molar-refractivity contribution in [2.45, 2.75) is 27.7 Å². The number of hydrazone groups is 2. The lowest BCUT2D eigenvalue weighted by Crippen LogP contribution is -2.19. The smallest absolute Gasteiger partial charge is 0.271 e. The number of nitrogens with zero attached hydrogens (tertiary/aromatic N) is 2. The number of hydrogen-bond donors (Lipinski definition) is 4. The summed E-state index contributed by atoms with van der Waals surface area (Å²) in [4.78, 5) is 12.4. The molecule has 3 aromatic carbocycles. The van der Waals surface area contributed by atoms with Crippen molar-refractivity contribution in [2.75, 3.05) is 5.43 Å². The number of aryl methyl sites for hydroxylation is 2. The van der Waals surface area contributed by atoms with Crippen LogP contribution in [0.15, 0.2) is 70.9 Å². The SMILES string of the molecule is C/C(=N\NC(=O)c1ccc(N/N=C(\C)c2cc(C)ccc2O)cc1)c1cc(C)ccc1O. The molecule has 0 saturated heterocycles. The Bertz CT molecular complexity index is 1200. The van der Waals surface area contributed by atoms with Gasteiger partial charge in [-0.15, -0.1) is 0 Å². The van der Waals surface area contributed by atoms with E-state index in [9.17, 15) is 15.0 Å². The lowest BCUT2D eigenvalue weighted by Gasteiger charge is -2.08. The van der Waals surface area contributed by atoms with Gasteiger partial charge in [-0.05, 0) is 76.2 Å². The van der Waals surface area contributed by atoms with Crippen molar-refractivity contribution in [3.63, 3.8) is 0 Å². The Balaban J connectivity index is 1.65. The summed E-state index contributed by atoms with van der Waals surface area (Å²) in [5, 5.41) is 28.4. The summed E-state index contributed by atoms with van der Waals surface area (Å²) >= 11 is 0. The summed E-state index contributed by atoms with van der Waals surface area (Å²) < 4.78 is 0. The van der Waals surface area contributed by atoms with Crippen LogP contribution in [0.1, 0.15) is 46.5 Å². The van der Waals surface area contributed by atoms with Crippen LogP contribution in [0.5, 0.6) is 11.5 Å². The molecule has 0 radical (unpaired) electrons. The van der Waals surface area contributed by atoms with Crippen molar-refractivity contribution in [3.8, 4) is 11.5 Å². The highest BCUT2D eigenvalue weighted by atomic mass is 16.3. The molecular weight excluding hydrogens is 404 g/mol. The predicted molar refractivity (Wildman–Crippen MR) is 128 cm³/mol. The third-order valence-electron chi connectivity index (χ3n) is 4.91. The second-order valence-corrected chi connectivity index (χ2v) is 7.57. The molecule has 7 heteroatoms. The monoisotopic (exact) mass is 430 g/mol. The molecule has 3 aromatic rings. The lowest BCUT2D eigenvalue weighted by molar-refractivity contribution is 0.0955. The van der Waals surface area contributed by atoms with E-state index in [1.54, 1.807) is 62.4 Å². The van der Waals surface area contributed by atoms with E-state index in [1.807, 2.05) is 26.0 Å². The van der Waals surface area contributed by atoms with Crippen molar-refractivity contribution in [3.05, 3.63) is 88.5 Å². The first-order valence-electron chi connectivity index (χ1n) is 10.1. The number of phenols is 2. The van der Waals surface area contributed by atoms with Gasteiger partial charge in [0.15, 0.2) is 0 Å². The Kier molecular flexibility index (Phi) is 6.90. The molecule has 0 unspecified atom stereocenters. The van der Waals surface area contributed by atoms with Crippen molar-refractivity contribution in [2.24, 2.45) is 10.2 Å². The van der Waals surface area contributed by atoms with Gasteiger partial charge in [-0.1, -0.05) is 23.3 Å². The molecule has 7 nitrogen and oxygen atoms in total. The van der Waals surface area contributed by atoms with Crippen LogP contribution in [0.3, 0.4) is 0 Å². The van der Waals surface area contributed by atoms with Crippen molar-refractivity contribution < 1.29 is 15.0 Å². The number of hydrogen-bond acceptors (Lipinski definition) is 6. The zero-order chi connectivity index (χ0) is 23.3. The molecule has 0 aliphatic rings. The Hall–Kier alpha value is -4.13. The molecule has 3 rings (SSSR count). The normalized spacial score (nSPS) is 11.9. The maximum atomic E-state index is 12.4. The Labute approximate surface area is 187 Å². The van der Waals surface area contributed by atoms with Crippen LogP contribution in [-0.4, -0.2) is 27.5 Å². The van der Waals surface area contributed by atoms with E-state index < -0.39 is 0 Å². The van der Waals surface area contributed by atoms with Gasteiger partial charge in [0.25, 0.3) is 5.91 Å². The summed E-state index contributed by atoms with van der Waals surface area (Å²) in [7, 11) is 0. The van der Waals surface area contributed by atoms with Crippen LogP contribution >= 0.6 is 0 Å². The fraction of sp³-hybridized carbons (Fsp3) is 0.160. The first-order valence-corrected chi connectivity index (χ1v) is 10.1. The van der Waals surface area contributed by atoms with Crippen molar-refractivity contribution in [1.29, 1.82) is 0 Å². The van der Waals surface area contributed by atoms with Crippen molar-refractivity contribution >= 4 is 23.0 Å². The number of carbonyl (C=O) groups is 1. The summed E-state index contributed by atoms with van der Waals surface area (Å²) in [6, 6.07) is 17.3. The average molecular weight is 431 g/mol. The van der Waals surface area contributed by atoms with Crippen LogP contribution in [0.25, 0.3) is 0 Å². The molecule has 0 spiro atoms. The fourth-order valence-electron chi connectivity index (χ4n) is 3.04. The molecule has 0 aliphatic carbocycles. The van der Waals surface area contributed by atoms with Crippen LogP contribution in [0, 0.1) is 13.8 Å². The molecule has 0 heterocycles. The number of amides is 1. The Morgan fingerprint density at radius 1 is 0.750 bits per heavy atom. The standard InChI is InChI=1S/C25H26N4O3/c1-15-5-11-23(30)21(13-15)17(3)26-28-20-9-7-19(8-10-20)25(32)29-27-18(4)22-14-16(2)6-12-24(22)31/h5-14,28,30-31H,1-4H3,(H,29,32)/b26-17+,27-18+. The Morgan fingerprint density at radius 3 is 1.78 bits per heavy atom. The van der Waals surface area contributed by atoms with Crippen LogP contribution in [0.4, 0.5) is 5.69 Å². The number of benzene rings is 3. The maximum Gasteiger partial charge on any atom is 0.271 e. The van der Waals surface area contributed by atoms with E-state index in [0.717, 1.165) is 11.1 Å². The molecule has 1 amide bonds. The number of nitrogens with one attached hydrogen (secondary N) is 2. The number of aromatic hydroxyl groups is 2. The number of phenolic OH excluding ortho intramolecular Hbond substituents is 2. The molecule has 0 saturated carbocycles. The van der Waals surface area contributed by atoms with Crippen LogP contribution < -0.4 is 10.9 Å². The van der Waals surface area contributed by atoms with Gasteiger partial charge >= 0.3 is 0 Å². The first kappa shape index (κ1) is 22.6. The van der Waals surface area contributed by atoms with Gasteiger partial charge < -0.3 is 10.2 Å². The largest absolute Gasteiger partial charge is 0.507 e. The number of rotatable bonds is 6. The van der Waals surface area contributed by atoms with E-state index in [-0.39, 0.29) is 17.4 Å². The minimum absolute atomic E-state index is 0.108. The molecule has 0 bridgehead atoms. The molecule has 32 heavy (non-hydrogen) atoms.